The lowest BCUT2D eigenvalue weighted by atomic mass is 10.2. The summed E-state index contributed by atoms with van der Waals surface area (Å²) in [6.07, 6.45) is 0.177. The van der Waals surface area contributed by atoms with Crippen molar-refractivity contribution in [2.24, 2.45) is 5.92 Å². The van der Waals surface area contributed by atoms with E-state index in [1.165, 1.54) is 4.31 Å². The van der Waals surface area contributed by atoms with Gasteiger partial charge in [0.2, 0.25) is 10.0 Å². The van der Waals surface area contributed by atoms with Gasteiger partial charge in [-0.1, -0.05) is 29.8 Å². The van der Waals surface area contributed by atoms with E-state index in [-0.39, 0.29) is 23.8 Å². The van der Waals surface area contributed by atoms with Crippen LogP contribution in [0.4, 0.5) is 0 Å². The lowest BCUT2D eigenvalue weighted by Gasteiger charge is -2.24. The summed E-state index contributed by atoms with van der Waals surface area (Å²) in [6.45, 7) is 6.40. The Hall–Kier alpha value is -0.420. The fourth-order valence-corrected chi connectivity index (χ4v) is 5.10. The molecule has 0 aromatic heterocycles. The first-order valence-electron chi connectivity index (χ1n) is 6.53. The first kappa shape index (κ1) is 18.6. The molecule has 0 N–H and O–H groups in total. The van der Waals surface area contributed by atoms with Crippen LogP contribution in [0.15, 0.2) is 26.0 Å². The van der Waals surface area contributed by atoms with Crippen LogP contribution in [0.25, 0.3) is 0 Å². The van der Waals surface area contributed by atoms with Crippen LogP contribution in [0.3, 0.4) is 0 Å². The van der Waals surface area contributed by atoms with Gasteiger partial charge in [0.15, 0.2) is 0 Å². The maximum absolute atomic E-state index is 12.8. The van der Waals surface area contributed by atoms with E-state index >= 15 is 0 Å². The molecule has 1 aromatic carbocycles. The summed E-state index contributed by atoms with van der Waals surface area (Å²) in [7, 11) is -3.63. The Kier molecular flexibility index (Phi) is 6.85. The summed E-state index contributed by atoms with van der Waals surface area (Å²) in [5.41, 5.74) is 0.952. The van der Waals surface area contributed by atoms with Crippen LogP contribution in [0.5, 0.6) is 0 Å². The molecule has 4 nitrogen and oxygen atoms in total. The first-order chi connectivity index (χ1) is 9.70. The van der Waals surface area contributed by atoms with Crippen molar-refractivity contribution < 1.29 is 8.42 Å². The minimum atomic E-state index is -3.63. The highest BCUT2D eigenvalue weighted by Crippen LogP contribution is 2.31. The standard InChI is InChI=1S/C14H18Br2N2O2S/c1-10(2)9-18(6-4-5-17)21(19,20)14-8-12(15)11(3)7-13(14)16/h7-8,10H,4,6,9H2,1-3H3. The molecule has 21 heavy (non-hydrogen) atoms. The quantitative estimate of drug-likeness (QED) is 0.673. The van der Waals surface area contributed by atoms with Crippen LogP contribution in [-0.4, -0.2) is 25.8 Å². The maximum Gasteiger partial charge on any atom is 0.244 e. The van der Waals surface area contributed by atoms with Crippen LogP contribution in [0.1, 0.15) is 25.8 Å². The number of nitrogens with zero attached hydrogens (tertiary/aromatic N) is 2. The van der Waals surface area contributed by atoms with Gasteiger partial charge in [-0.2, -0.15) is 9.57 Å². The van der Waals surface area contributed by atoms with Crippen molar-refractivity contribution in [3.8, 4) is 6.07 Å². The lowest BCUT2D eigenvalue weighted by molar-refractivity contribution is 0.372. The molecule has 116 valence electrons. The molecule has 0 heterocycles. The number of sulfonamides is 1. The average molecular weight is 438 g/mol. The van der Waals surface area contributed by atoms with Gasteiger partial charge >= 0.3 is 0 Å². The van der Waals surface area contributed by atoms with E-state index in [0.717, 1.165) is 10.0 Å². The Balaban J connectivity index is 3.28. The van der Waals surface area contributed by atoms with Crippen LogP contribution in [-0.2, 0) is 10.0 Å². The summed E-state index contributed by atoms with van der Waals surface area (Å²) in [5, 5.41) is 8.73. The molecule has 1 aromatic rings. The van der Waals surface area contributed by atoms with Gasteiger partial charge in [-0.25, -0.2) is 8.42 Å². The molecule has 0 radical (unpaired) electrons. The average Bonchev–Trinajstić information content (AvgIpc) is 2.38. The van der Waals surface area contributed by atoms with Crippen LogP contribution >= 0.6 is 31.9 Å². The normalized spacial score (nSPS) is 11.9. The largest absolute Gasteiger partial charge is 0.244 e. The minimum Gasteiger partial charge on any atom is -0.207 e. The summed E-state index contributed by atoms with van der Waals surface area (Å²) in [5.74, 6) is 0.186. The van der Waals surface area contributed by atoms with Gasteiger partial charge in [-0.15, -0.1) is 0 Å². The van der Waals surface area contributed by atoms with Crippen molar-refractivity contribution in [2.45, 2.75) is 32.1 Å². The van der Waals surface area contributed by atoms with Crippen molar-refractivity contribution >= 4 is 41.9 Å². The zero-order valence-electron chi connectivity index (χ0n) is 12.2. The molecule has 0 aliphatic heterocycles. The number of hydrogen-bond acceptors (Lipinski definition) is 3. The summed E-state index contributed by atoms with van der Waals surface area (Å²) in [4.78, 5) is 0.221. The Morgan fingerprint density at radius 2 is 1.90 bits per heavy atom. The fourth-order valence-electron chi connectivity index (χ4n) is 1.86. The SMILES string of the molecule is Cc1cc(Br)c(S(=O)(=O)N(CCC#N)CC(C)C)cc1Br. The molecule has 0 aliphatic carbocycles. The van der Waals surface area contributed by atoms with Gasteiger partial charge < -0.3 is 0 Å². The zero-order valence-corrected chi connectivity index (χ0v) is 16.2. The van der Waals surface area contributed by atoms with Crippen molar-refractivity contribution in [1.82, 2.24) is 4.31 Å². The number of halogens is 2. The van der Waals surface area contributed by atoms with Crippen molar-refractivity contribution in [3.63, 3.8) is 0 Å². The second kappa shape index (κ2) is 7.73. The molecule has 0 spiro atoms. The number of rotatable bonds is 6. The Morgan fingerprint density at radius 1 is 1.29 bits per heavy atom. The lowest BCUT2D eigenvalue weighted by Crippen LogP contribution is -2.35. The third-order valence-corrected chi connectivity index (χ3v) is 6.55. The Bertz CT molecular complexity index is 652. The van der Waals surface area contributed by atoms with E-state index in [0.29, 0.717) is 11.0 Å². The topological polar surface area (TPSA) is 61.2 Å². The number of hydrogen-bond donors (Lipinski definition) is 0. The molecule has 1 rings (SSSR count). The summed E-state index contributed by atoms with van der Waals surface area (Å²) < 4.78 is 28.3. The molecule has 0 unspecified atom stereocenters. The van der Waals surface area contributed by atoms with Gasteiger partial charge in [-0.3, -0.25) is 0 Å². The smallest absolute Gasteiger partial charge is 0.207 e. The molecule has 0 saturated carbocycles. The van der Waals surface area contributed by atoms with E-state index in [1.54, 1.807) is 12.1 Å². The molecular weight excluding hydrogens is 420 g/mol. The van der Waals surface area contributed by atoms with Gasteiger partial charge in [0, 0.05) is 28.5 Å². The van der Waals surface area contributed by atoms with Crippen LogP contribution in [0.2, 0.25) is 0 Å². The number of benzene rings is 1. The van der Waals surface area contributed by atoms with E-state index in [4.69, 9.17) is 5.26 Å². The molecule has 0 amide bonds. The van der Waals surface area contributed by atoms with Crippen molar-refractivity contribution in [1.29, 1.82) is 5.26 Å². The molecule has 7 heteroatoms. The second-order valence-corrected chi connectivity index (χ2v) is 8.81. The molecular formula is C14H18Br2N2O2S. The molecule has 0 bridgehead atoms. The molecule has 0 atom stereocenters. The first-order valence-corrected chi connectivity index (χ1v) is 9.55. The van der Waals surface area contributed by atoms with E-state index in [1.807, 2.05) is 26.8 Å². The predicted molar refractivity (Wildman–Crippen MR) is 90.4 cm³/mol. The van der Waals surface area contributed by atoms with Gasteiger partial charge in [0.1, 0.15) is 0 Å². The predicted octanol–water partition coefficient (Wildman–Crippen LogP) is 4.08. The van der Waals surface area contributed by atoms with Gasteiger partial charge in [-0.05, 0) is 46.5 Å². The monoisotopic (exact) mass is 436 g/mol. The maximum atomic E-state index is 12.8. The van der Waals surface area contributed by atoms with Crippen LogP contribution < -0.4 is 0 Å². The number of nitriles is 1. The molecule has 0 aliphatic rings. The van der Waals surface area contributed by atoms with Crippen molar-refractivity contribution in [2.75, 3.05) is 13.1 Å². The van der Waals surface area contributed by atoms with Crippen LogP contribution in [0, 0.1) is 24.2 Å². The van der Waals surface area contributed by atoms with Gasteiger partial charge in [0.05, 0.1) is 11.0 Å². The van der Waals surface area contributed by atoms with Gasteiger partial charge in [0.25, 0.3) is 0 Å². The third-order valence-electron chi connectivity index (χ3n) is 2.87. The minimum absolute atomic E-state index is 0.177. The second-order valence-electron chi connectivity index (χ2n) is 5.20. The molecule has 0 saturated heterocycles. The zero-order chi connectivity index (χ0) is 16.2. The Labute approximate surface area is 143 Å². The van der Waals surface area contributed by atoms with E-state index in [9.17, 15) is 8.42 Å². The summed E-state index contributed by atoms with van der Waals surface area (Å²) in [6, 6.07) is 5.38. The Morgan fingerprint density at radius 3 is 2.43 bits per heavy atom. The van der Waals surface area contributed by atoms with E-state index in [2.05, 4.69) is 31.9 Å². The molecule has 0 fully saturated rings. The fraction of sp³-hybridized carbons (Fsp3) is 0.500. The highest BCUT2D eigenvalue weighted by Gasteiger charge is 2.27. The highest BCUT2D eigenvalue weighted by atomic mass is 79.9. The van der Waals surface area contributed by atoms with E-state index < -0.39 is 10.0 Å². The highest BCUT2D eigenvalue weighted by molar-refractivity contribution is 9.11. The summed E-state index contributed by atoms with van der Waals surface area (Å²) >= 11 is 6.70. The number of aryl methyl sites for hydroxylation is 1. The van der Waals surface area contributed by atoms with Crippen molar-refractivity contribution in [3.05, 3.63) is 26.6 Å². The third kappa shape index (κ3) is 4.78.